The average molecular weight is 319 g/mol. The molecule has 1 N–H and O–H groups in total. The zero-order chi connectivity index (χ0) is 17.1. The monoisotopic (exact) mass is 319 g/mol. The fourth-order valence-corrected chi connectivity index (χ4v) is 2.60. The second kappa shape index (κ2) is 6.71. The summed E-state index contributed by atoms with van der Waals surface area (Å²) in [5.74, 6) is -0.108. The van der Waals surface area contributed by atoms with Crippen molar-refractivity contribution >= 4 is 5.91 Å². The Kier molecular flexibility index (Phi) is 4.47. The number of benzene rings is 2. The van der Waals surface area contributed by atoms with E-state index in [1.54, 1.807) is 10.9 Å². The molecule has 122 valence electrons. The molecule has 0 aliphatic heterocycles. The Hall–Kier alpha value is -2.88. The van der Waals surface area contributed by atoms with Gasteiger partial charge in [-0.05, 0) is 39.0 Å². The van der Waals surface area contributed by atoms with Gasteiger partial charge in [0.05, 0.1) is 11.3 Å². The average Bonchev–Trinajstić information content (AvgIpc) is 3.00. The van der Waals surface area contributed by atoms with Gasteiger partial charge in [0.15, 0.2) is 0 Å². The van der Waals surface area contributed by atoms with Crippen LogP contribution in [-0.2, 0) is 0 Å². The fourth-order valence-electron chi connectivity index (χ4n) is 2.60. The number of para-hydroxylation sites is 1. The van der Waals surface area contributed by atoms with Crippen LogP contribution >= 0.6 is 0 Å². The number of carbonyl (C=O) groups is 1. The lowest BCUT2D eigenvalue weighted by atomic mass is 10.1. The predicted molar refractivity (Wildman–Crippen MR) is 96.3 cm³/mol. The highest BCUT2D eigenvalue weighted by molar-refractivity contribution is 6.00. The van der Waals surface area contributed by atoms with Gasteiger partial charge < -0.3 is 5.32 Å². The van der Waals surface area contributed by atoms with Gasteiger partial charge in [-0.1, -0.05) is 42.0 Å². The summed E-state index contributed by atoms with van der Waals surface area (Å²) in [5, 5.41) is 7.63. The third kappa shape index (κ3) is 3.38. The number of aromatic nitrogens is 2. The topological polar surface area (TPSA) is 46.9 Å². The second-order valence-electron chi connectivity index (χ2n) is 6.17. The van der Waals surface area contributed by atoms with Gasteiger partial charge in [-0.25, -0.2) is 4.68 Å². The second-order valence-corrected chi connectivity index (χ2v) is 6.17. The van der Waals surface area contributed by atoms with Crippen molar-refractivity contribution in [1.82, 2.24) is 15.1 Å². The fraction of sp³-hybridized carbons (Fsp3) is 0.200. The maximum Gasteiger partial charge on any atom is 0.255 e. The number of nitrogens with one attached hydrogen (secondary N) is 1. The summed E-state index contributed by atoms with van der Waals surface area (Å²) in [6, 6.07) is 17.9. The number of hydrogen-bond donors (Lipinski definition) is 1. The molecule has 0 radical (unpaired) electrons. The molecule has 0 unspecified atom stereocenters. The van der Waals surface area contributed by atoms with E-state index in [0.29, 0.717) is 11.3 Å². The van der Waals surface area contributed by atoms with E-state index < -0.39 is 0 Å². The van der Waals surface area contributed by atoms with Crippen molar-refractivity contribution < 1.29 is 4.79 Å². The van der Waals surface area contributed by atoms with Crippen LogP contribution in [0.2, 0.25) is 0 Å². The quantitative estimate of drug-likeness (QED) is 0.790. The summed E-state index contributed by atoms with van der Waals surface area (Å²) in [7, 11) is 0. The Bertz CT molecular complexity index is 850. The lowest BCUT2D eigenvalue weighted by Gasteiger charge is -2.08. The minimum atomic E-state index is -0.108. The smallest absolute Gasteiger partial charge is 0.255 e. The van der Waals surface area contributed by atoms with Gasteiger partial charge in [-0.15, -0.1) is 0 Å². The van der Waals surface area contributed by atoms with Gasteiger partial charge in [0, 0.05) is 17.8 Å². The number of hydrogen-bond acceptors (Lipinski definition) is 2. The van der Waals surface area contributed by atoms with Gasteiger partial charge in [0.25, 0.3) is 5.91 Å². The molecule has 0 atom stereocenters. The predicted octanol–water partition coefficient (Wildman–Crippen LogP) is 3.99. The van der Waals surface area contributed by atoms with Crippen LogP contribution in [0.3, 0.4) is 0 Å². The molecule has 0 saturated carbocycles. The van der Waals surface area contributed by atoms with Crippen LogP contribution in [0.25, 0.3) is 16.9 Å². The molecule has 0 aliphatic carbocycles. The molecular weight excluding hydrogens is 298 g/mol. The summed E-state index contributed by atoms with van der Waals surface area (Å²) in [4.78, 5) is 12.6. The van der Waals surface area contributed by atoms with E-state index in [9.17, 15) is 4.79 Å². The Morgan fingerprint density at radius 3 is 2.50 bits per heavy atom. The molecule has 24 heavy (non-hydrogen) atoms. The summed E-state index contributed by atoms with van der Waals surface area (Å²) in [6.07, 6.45) is 1.80. The summed E-state index contributed by atoms with van der Waals surface area (Å²) < 4.78 is 1.76. The molecule has 1 amide bonds. The molecule has 0 aliphatic rings. The van der Waals surface area contributed by atoms with Gasteiger partial charge in [0.2, 0.25) is 0 Å². The maximum atomic E-state index is 12.6. The Balaban J connectivity index is 2.11. The molecular formula is C20H21N3O. The van der Waals surface area contributed by atoms with Crippen LogP contribution in [0.5, 0.6) is 0 Å². The zero-order valence-electron chi connectivity index (χ0n) is 14.2. The molecule has 0 spiro atoms. The molecule has 0 bridgehead atoms. The van der Waals surface area contributed by atoms with Crippen molar-refractivity contribution in [2.24, 2.45) is 0 Å². The van der Waals surface area contributed by atoms with Gasteiger partial charge >= 0.3 is 0 Å². The molecule has 1 heterocycles. The number of amides is 1. The lowest BCUT2D eigenvalue weighted by Crippen LogP contribution is -2.30. The van der Waals surface area contributed by atoms with E-state index in [0.717, 1.165) is 16.8 Å². The van der Waals surface area contributed by atoms with Crippen molar-refractivity contribution in [3.63, 3.8) is 0 Å². The maximum absolute atomic E-state index is 12.6. The van der Waals surface area contributed by atoms with E-state index in [1.165, 1.54) is 0 Å². The Morgan fingerprint density at radius 1 is 1.08 bits per heavy atom. The first kappa shape index (κ1) is 16.0. The Morgan fingerprint density at radius 2 is 1.83 bits per heavy atom. The largest absolute Gasteiger partial charge is 0.350 e. The van der Waals surface area contributed by atoms with Gasteiger partial charge in [-0.3, -0.25) is 4.79 Å². The number of nitrogens with zero attached hydrogens (tertiary/aromatic N) is 2. The van der Waals surface area contributed by atoms with Gasteiger partial charge in [0.1, 0.15) is 5.69 Å². The van der Waals surface area contributed by atoms with Crippen LogP contribution in [0.15, 0.2) is 60.8 Å². The molecule has 3 rings (SSSR count). The molecule has 0 saturated heterocycles. The number of carbonyl (C=O) groups excluding carboxylic acids is 1. The van der Waals surface area contributed by atoms with Crippen molar-refractivity contribution in [1.29, 1.82) is 0 Å². The third-order valence-corrected chi connectivity index (χ3v) is 3.69. The zero-order valence-corrected chi connectivity index (χ0v) is 14.2. The number of rotatable bonds is 4. The number of aryl methyl sites for hydroxylation is 1. The minimum absolute atomic E-state index is 0.0722. The normalized spacial score (nSPS) is 10.8. The van der Waals surface area contributed by atoms with E-state index in [1.807, 2.05) is 75.4 Å². The molecule has 4 heteroatoms. The molecule has 4 nitrogen and oxygen atoms in total. The first-order chi connectivity index (χ1) is 11.5. The highest BCUT2D eigenvalue weighted by atomic mass is 16.1. The van der Waals surface area contributed by atoms with Crippen molar-refractivity contribution in [2.45, 2.75) is 26.8 Å². The molecule has 2 aromatic carbocycles. The summed E-state index contributed by atoms with van der Waals surface area (Å²) in [6.45, 7) is 5.93. The van der Waals surface area contributed by atoms with Crippen LogP contribution in [0.4, 0.5) is 0 Å². The standard InChI is InChI=1S/C20H21N3O/c1-14(2)21-20(24)18-13-23(17-10-5-4-6-11-17)22-19(18)16-9-7-8-15(3)12-16/h4-14H,1-3H3,(H,21,24). The van der Waals surface area contributed by atoms with Crippen LogP contribution in [0.1, 0.15) is 29.8 Å². The lowest BCUT2D eigenvalue weighted by molar-refractivity contribution is 0.0944. The SMILES string of the molecule is Cc1cccc(-c2nn(-c3ccccc3)cc2C(=O)NC(C)C)c1. The van der Waals surface area contributed by atoms with Crippen LogP contribution in [-0.4, -0.2) is 21.7 Å². The molecule has 1 aromatic heterocycles. The molecule has 0 fully saturated rings. The minimum Gasteiger partial charge on any atom is -0.350 e. The van der Waals surface area contributed by atoms with E-state index >= 15 is 0 Å². The molecule has 3 aromatic rings. The van der Waals surface area contributed by atoms with Crippen molar-refractivity contribution in [3.8, 4) is 16.9 Å². The first-order valence-electron chi connectivity index (χ1n) is 8.07. The van der Waals surface area contributed by atoms with E-state index in [-0.39, 0.29) is 11.9 Å². The third-order valence-electron chi connectivity index (χ3n) is 3.69. The first-order valence-corrected chi connectivity index (χ1v) is 8.07. The highest BCUT2D eigenvalue weighted by Gasteiger charge is 2.19. The van der Waals surface area contributed by atoms with E-state index in [2.05, 4.69) is 10.4 Å². The van der Waals surface area contributed by atoms with Crippen LogP contribution < -0.4 is 5.32 Å². The summed E-state index contributed by atoms with van der Waals surface area (Å²) in [5.41, 5.74) is 4.28. The van der Waals surface area contributed by atoms with Crippen molar-refractivity contribution in [2.75, 3.05) is 0 Å². The Labute approximate surface area is 142 Å². The van der Waals surface area contributed by atoms with E-state index in [4.69, 9.17) is 0 Å². The summed E-state index contributed by atoms with van der Waals surface area (Å²) >= 11 is 0. The van der Waals surface area contributed by atoms with Gasteiger partial charge in [-0.2, -0.15) is 5.10 Å². The van der Waals surface area contributed by atoms with Crippen LogP contribution in [0, 0.1) is 6.92 Å². The van der Waals surface area contributed by atoms with Crippen molar-refractivity contribution in [3.05, 3.63) is 71.9 Å². The highest BCUT2D eigenvalue weighted by Crippen LogP contribution is 2.24.